The van der Waals surface area contributed by atoms with Crippen molar-refractivity contribution in [3.05, 3.63) is 0 Å². The summed E-state index contributed by atoms with van der Waals surface area (Å²) in [6.45, 7) is 11.3. The molecule has 0 bridgehead atoms. The molecule has 0 heterocycles. The number of ether oxygens (including phenoxy) is 4. The second kappa shape index (κ2) is 11.3. The molecule has 0 radical (unpaired) electrons. The van der Waals surface area contributed by atoms with Crippen molar-refractivity contribution in [1.82, 2.24) is 0 Å². The van der Waals surface area contributed by atoms with Gasteiger partial charge in [-0.25, -0.2) is 0 Å². The topological polar surface area (TPSA) is 36.9 Å². The van der Waals surface area contributed by atoms with Crippen LogP contribution in [0.15, 0.2) is 0 Å². The van der Waals surface area contributed by atoms with Gasteiger partial charge in [-0.15, -0.1) is 0 Å². The van der Waals surface area contributed by atoms with Crippen LogP contribution in [-0.4, -0.2) is 45.4 Å². The van der Waals surface area contributed by atoms with Gasteiger partial charge in [-0.05, 0) is 27.7 Å². The van der Waals surface area contributed by atoms with Crippen molar-refractivity contribution in [2.24, 2.45) is 0 Å². The van der Waals surface area contributed by atoms with Crippen LogP contribution in [0.2, 0.25) is 0 Å². The third kappa shape index (κ3) is 9.09. The molecule has 0 saturated carbocycles. The smallest absolute Gasteiger partial charge is 0.159 e. The van der Waals surface area contributed by atoms with E-state index in [0.29, 0.717) is 26.4 Å². The minimum absolute atomic E-state index is 0.129. The average molecular weight is 234 g/mol. The van der Waals surface area contributed by atoms with Gasteiger partial charge in [0.25, 0.3) is 0 Å². The van der Waals surface area contributed by atoms with Crippen LogP contribution in [0.3, 0.4) is 0 Å². The van der Waals surface area contributed by atoms with E-state index >= 15 is 0 Å². The molecule has 4 heteroatoms. The molecule has 98 valence electrons. The zero-order valence-corrected chi connectivity index (χ0v) is 11.0. The van der Waals surface area contributed by atoms with Gasteiger partial charge in [0.2, 0.25) is 0 Å². The Kier molecular flexibility index (Phi) is 11.2. The standard InChI is InChI=1S/C12H26O4/c1-5-13-10-11(4)16-9-8-12(14-6-2)15-7-3/h11-12H,5-10H2,1-4H3. The highest BCUT2D eigenvalue weighted by Crippen LogP contribution is 2.03. The van der Waals surface area contributed by atoms with Crippen molar-refractivity contribution in [2.75, 3.05) is 33.0 Å². The summed E-state index contributed by atoms with van der Waals surface area (Å²) in [6.07, 6.45) is 0.746. The minimum atomic E-state index is -0.144. The normalized spacial score (nSPS) is 13.3. The van der Waals surface area contributed by atoms with Crippen LogP contribution in [0.4, 0.5) is 0 Å². The lowest BCUT2D eigenvalue weighted by molar-refractivity contribution is -0.150. The molecule has 0 aliphatic heterocycles. The molecule has 16 heavy (non-hydrogen) atoms. The third-order valence-corrected chi connectivity index (χ3v) is 2.02. The summed E-state index contributed by atoms with van der Waals surface area (Å²) in [4.78, 5) is 0. The largest absolute Gasteiger partial charge is 0.379 e. The van der Waals surface area contributed by atoms with E-state index in [9.17, 15) is 0 Å². The second-order valence-electron chi connectivity index (χ2n) is 3.47. The van der Waals surface area contributed by atoms with Gasteiger partial charge in [-0.2, -0.15) is 0 Å². The van der Waals surface area contributed by atoms with E-state index in [4.69, 9.17) is 18.9 Å². The van der Waals surface area contributed by atoms with E-state index in [1.807, 2.05) is 27.7 Å². The maximum Gasteiger partial charge on any atom is 0.159 e. The fourth-order valence-corrected chi connectivity index (χ4v) is 1.28. The summed E-state index contributed by atoms with van der Waals surface area (Å²) >= 11 is 0. The fourth-order valence-electron chi connectivity index (χ4n) is 1.28. The summed E-state index contributed by atoms with van der Waals surface area (Å²) in [6, 6.07) is 0. The highest BCUT2D eigenvalue weighted by atomic mass is 16.7. The molecular formula is C12H26O4. The van der Waals surface area contributed by atoms with Crippen molar-refractivity contribution >= 4 is 0 Å². The van der Waals surface area contributed by atoms with Gasteiger partial charge in [0.15, 0.2) is 6.29 Å². The Labute approximate surface area is 99.2 Å². The van der Waals surface area contributed by atoms with E-state index in [-0.39, 0.29) is 12.4 Å². The van der Waals surface area contributed by atoms with E-state index in [1.54, 1.807) is 0 Å². The average Bonchev–Trinajstić information content (AvgIpc) is 2.27. The van der Waals surface area contributed by atoms with Gasteiger partial charge in [0.1, 0.15) is 0 Å². The zero-order chi connectivity index (χ0) is 12.2. The Morgan fingerprint density at radius 1 is 0.875 bits per heavy atom. The van der Waals surface area contributed by atoms with Crippen LogP contribution in [0, 0.1) is 0 Å². The SMILES string of the molecule is CCOCC(C)OCCC(OCC)OCC. The molecular weight excluding hydrogens is 208 g/mol. The van der Waals surface area contributed by atoms with Crippen molar-refractivity contribution < 1.29 is 18.9 Å². The molecule has 4 nitrogen and oxygen atoms in total. The van der Waals surface area contributed by atoms with Gasteiger partial charge in [0, 0.05) is 26.2 Å². The highest BCUT2D eigenvalue weighted by Gasteiger charge is 2.09. The molecule has 0 rings (SSSR count). The van der Waals surface area contributed by atoms with Gasteiger partial charge in [-0.3, -0.25) is 0 Å². The summed E-state index contributed by atoms with van der Waals surface area (Å²) in [7, 11) is 0. The molecule has 0 aromatic carbocycles. The van der Waals surface area contributed by atoms with Crippen LogP contribution < -0.4 is 0 Å². The van der Waals surface area contributed by atoms with E-state index in [0.717, 1.165) is 13.0 Å². The highest BCUT2D eigenvalue weighted by molar-refractivity contribution is 4.49. The Morgan fingerprint density at radius 2 is 1.50 bits per heavy atom. The van der Waals surface area contributed by atoms with Gasteiger partial charge in [0.05, 0.1) is 19.3 Å². The first-order chi connectivity index (χ1) is 7.74. The molecule has 1 unspecified atom stereocenters. The molecule has 0 N–H and O–H groups in total. The summed E-state index contributed by atoms with van der Waals surface area (Å²) < 4.78 is 21.7. The first-order valence-corrected chi connectivity index (χ1v) is 6.17. The Balaban J connectivity index is 3.51. The summed E-state index contributed by atoms with van der Waals surface area (Å²) in [5.41, 5.74) is 0. The Bertz CT molecular complexity index is 135. The molecule has 0 saturated heterocycles. The molecule has 0 spiro atoms. The van der Waals surface area contributed by atoms with Crippen LogP contribution in [0.1, 0.15) is 34.1 Å². The van der Waals surface area contributed by atoms with E-state index in [1.165, 1.54) is 0 Å². The van der Waals surface area contributed by atoms with Crippen LogP contribution >= 0.6 is 0 Å². The molecule has 0 aromatic rings. The monoisotopic (exact) mass is 234 g/mol. The van der Waals surface area contributed by atoms with Gasteiger partial charge < -0.3 is 18.9 Å². The molecule has 0 aliphatic carbocycles. The minimum Gasteiger partial charge on any atom is -0.379 e. The predicted octanol–water partition coefficient (Wildman–Crippen LogP) is 2.22. The first kappa shape index (κ1) is 15.8. The van der Waals surface area contributed by atoms with Gasteiger partial charge in [-0.1, -0.05) is 0 Å². The quantitative estimate of drug-likeness (QED) is 0.514. The van der Waals surface area contributed by atoms with Crippen molar-refractivity contribution in [2.45, 2.75) is 46.5 Å². The number of hydrogen-bond acceptors (Lipinski definition) is 4. The maximum absolute atomic E-state index is 5.58. The maximum atomic E-state index is 5.58. The van der Waals surface area contributed by atoms with E-state index in [2.05, 4.69) is 0 Å². The predicted molar refractivity (Wildman–Crippen MR) is 63.6 cm³/mol. The van der Waals surface area contributed by atoms with Crippen LogP contribution in [0.25, 0.3) is 0 Å². The second-order valence-corrected chi connectivity index (χ2v) is 3.47. The lowest BCUT2D eigenvalue weighted by atomic mass is 10.4. The van der Waals surface area contributed by atoms with Crippen molar-refractivity contribution in [3.63, 3.8) is 0 Å². The first-order valence-electron chi connectivity index (χ1n) is 6.17. The molecule has 1 atom stereocenters. The molecule has 0 aliphatic rings. The Hall–Kier alpha value is -0.160. The number of rotatable bonds is 11. The fraction of sp³-hybridized carbons (Fsp3) is 1.00. The van der Waals surface area contributed by atoms with Crippen molar-refractivity contribution in [1.29, 1.82) is 0 Å². The zero-order valence-electron chi connectivity index (χ0n) is 11.0. The molecule has 0 aromatic heterocycles. The lowest BCUT2D eigenvalue weighted by Gasteiger charge is -2.18. The van der Waals surface area contributed by atoms with Crippen LogP contribution in [0.5, 0.6) is 0 Å². The molecule has 0 fully saturated rings. The van der Waals surface area contributed by atoms with E-state index < -0.39 is 0 Å². The lowest BCUT2D eigenvalue weighted by Crippen LogP contribution is -2.22. The third-order valence-electron chi connectivity index (χ3n) is 2.02. The van der Waals surface area contributed by atoms with Gasteiger partial charge >= 0.3 is 0 Å². The molecule has 0 amide bonds. The number of hydrogen-bond donors (Lipinski definition) is 0. The summed E-state index contributed by atoms with van der Waals surface area (Å²) in [5.74, 6) is 0. The Morgan fingerprint density at radius 3 is 2.00 bits per heavy atom. The summed E-state index contributed by atoms with van der Waals surface area (Å²) in [5, 5.41) is 0. The van der Waals surface area contributed by atoms with Crippen molar-refractivity contribution in [3.8, 4) is 0 Å². The van der Waals surface area contributed by atoms with Crippen LogP contribution in [-0.2, 0) is 18.9 Å².